The van der Waals surface area contributed by atoms with E-state index in [1.54, 1.807) is 23.5 Å². The van der Waals surface area contributed by atoms with Gasteiger partial charge in [0.1, 0.15) is 0 Å². The molecule has 3 aromatic rings. The molecule has 0 fully saturated rings. The van der Waals surface area contributed by atoms with Crippen LogP contribution in [0.3, 0.4) is 0 Å². The van der Waals surface area contributed by atoms with Gasteiger partial charge in [0, 0.05) is 10.6 Å². The maximum atomic E-state index is 6.01. The Morgan fingerprint density at radius 2 is 2.00 bits per heavy atom. The number of ether oxygens (including phenoxy) is 1. The van der Waals surface area contributed by atoms with E-state index >= 15 is 0 Å². The SMILES string of the molecule is NC1OC(c2ccc3nc[nH]c3c2)=NN1c1ccc(Cl)cc1. The predicted molar refractivity (Wildman–Crippen MR) is 85.6 cm³/mol. The van der Waals surface area contributed by atoms with Crippen molar-refractivity contribution in [3.8, 4) is 0 Å². The van der Waals surface area contributed by atoms with E-state index in [1.807, 2.05) is 30.3 Å². The van der Waals surface area contributed by atoms with Crippen LogP contribution in [-0.4, -0.2) is 22.2 Å². The van der Waals surface area contributed by atoms with Crippen LogP contribution in [0.25, 0.3) is 11.0 Å². The van der Waals surface area contributed by atoms with Gasteiger partial charge in [-0.15, -0.1) is 5.10 Å². The zero-order valence-electron chi connectivity index (χ0n) is 11.4. The molecule has 2 heterocycles. The fourth-order valence-corrected chi connectivity index (χ4v) is 2.46. The average Bonchev–Trinajstić information content (AvgIpc) is 3.13. The molecule has 110 valence electrons. The van der Waals surface area contributed by atoms with Crippen LogP contribution in [0.2, 0.25) is 5.02 Å². The maximum Gasteiger partial charge on any atom is 0.248 e. The second kappa shape index (κ2) is 5.01. The number of nitrogens with zero attached hydrogens (tertiary/aromatic N) is 3. The Morgan fingerprint density at radius 1 is 1.18 bits per heavy atom. The first-order valence-corrected chi connectivity index (χ1v) is 7.08. The Labute approximate surface area is 131 Å². The molecule has 1 atom stereocenters. The highest BCUT2D eigenvalue weighted by Gasteiger charge is 2.26. The van der Waals surface area contributed by atoms with Crippen LogP contribution in [0.1, 0.15) is 5.56 Å². The summed E-state index contributed by atoms with van der Waals surface area (Å²) < 4.78 is 5.66. The summed E-state index contributed by atoms with van der Waals surface area (Å²) in [5.41, 5.74) is 9.47. The van der Waals surface area contributed by atoms with Gasteiger partial charge in [-0.25, -0.2) is 9.99 Å². The van der Waals surface area contributed by atoms with Crippen LogP contribution in [0.4, 0.5) is 5.69 Å². The number of nitrogens with one attached hydrogen (secondary N) is 1. The molecule has 0 amide bonds. The third kappa shape index (κ3) is 2.18. The summed E-state index contributed by atoms with van der Waals surface area (Å²) in [6, 6.07) is 13.0. The summed E-state index contributed by atoms with van der Waals surface area (Å²) in [7, 11) is 0. The van der Waals surface area contributed by atoms with Crippen molar-refractivity contribution in [2.24, 2.45) is 10.8 Å². The van der Waals surface area contributed by atoms with Gasteiger partial charge in [-0.3, -0.25) is 5.73 Å². The summed E-state index contributed by atoms with van der Waals surface area (Å²) in [6.07, 6.45) is 0.978. The van der Waals surface area contributed by atoms with Crippen molar-refractivity contribution in [2.45, 2.75) is 6.35 Å². The molecular formula is C15H12ClN5O. The van der Waals surface area contributed by atoms with Gasteiger partial charge in [0.2, 0.25) is 12.2 Å². The summed E-state index contributed by atoms with van der Waals surface area (Å²) in [4.78, 5) is 7.25. The van der Waals surface area contributed by atoms with Gasteiger partial charge in [0.25, 0.3) is 0 Å². The topological polar surface area (TPSA) is 79.5 Å². The largest absolute Gasteiger partial charge is 0.437 e. The third-order valence-electron chi connectivity index (χ3n) is 3.43. The van der Waals surface area contributed by atoms with Crippen molar-refractivity contribution < 1.29 is 4.74 Å². The van der Waals surface area contributed by atoms with Gasteiger partial charge in [-0.05, 0) is 42.5 Å². The molecule has 0 aliphatic carbocycles. The molecular weight excluding hydrogens is 302 g/mol. The minimum atomic E-state index is -0.673. The third-order valence-corrected chi connectivity index (χ3v) is 3.68. The van der Waals surface area contributed by atoms with Gasteiger partial charge < -0.3 is 9.72 Å². The summed E-state index contributed by atoms with van der Waals surface area (Å²) in [5, 5.41) is 6.73. The lowest BCUT2D eigenvalue weighted by atomic mass is 10.2. The number of fused-ring (bicyclic) bond motifs is 1. The van der Waals surface area contributed by atoms with Crippen LogP contribution in [-0.2, 0) is 4.74 Å². The van der Waals surface area contributed by atoms with Crippen molar-refractivity contribution in [3.05, 3.63) is 59.4 Å². The smallest absolute Gasteiger partial charge is 0.248 e. The lowest BCUT2D eigenvalue weighted by Crippen LogP contribution is -2.36. The van der Waals surface area contributed by atoms with Crippen molar-refractivity contribution in [3.63, 3.8) is 0 Å². The van der Waals surface area contributed by atoms with Crippen LogP contribution >= 0.6 is 11.6 Å². The lowest BCUT2D eigenvalue weighted by molar-refractivity contribution is 0.221. The number of H-pyrrole nitrogens is 1. The van der Waals surface area contributed by atoms with Crippen LogP contribution in [0, 0.1) is 0 Å². The molecule has 0 spiro atoms. The van der Waals surface area contributed by atoms with Gasteiger partial charge in [-0.1, -0.05) is 11.6 Å². The molecule has 1 aliphatic rings. The van der Waals surface area contributed by atoms with Crippen LogP contribution in [0.15, 0.2) is 53.9 Å². The highest BCUT2D eigenvalue weighted by atomic mass is 35.5. The molecule has 0 saturated heterocycles. The van der Waals surface area contributed by atoms with E-state index in [2.05, 4.69) is 15.1 Å². The van der Waals surface area contributed by atoms with Crippen LogP contribution in [0.5, 0.6) is 0 Å². The standard InChI is InChI=1S/C15H12ClN5O/c16-10-2-4-11(5-3-10)21-15(17)22-14(20-21)9-1-6-12-13(7-9)19-8-18-12/h1-8,15H,17H2,(H,18,19). The molecule has 0 saturated carbocycles. The monoisotopic (exact) mass is 313 g/mol. The molecule has 4 rings (SSSR count). The first kappa shape index (κ1) is 13.1. The highest BCUT2D eigenvalue weighted by molar-refractivity contribution is 6.30. The Hall–Kier alpha value is -2.57. The van der Waals surface area contributed by atoms with E-state index in [1.165, 1.54) is 0 Å². The summed E-state index contributed by atoms with van der Waals surface area (Å²) in [6.45, 7) is 0. The number of aromatic nitrogens is 2. The number of imidazole rings is 1. The van der Waals surface area contributed by atoms with E-state index < -0.39 is 6.35 Å². The van der Waals surface area contributed by atoms with E-state index in [9.17, 15) is 0 Å². The van der Waals surface area contributed by atoms with E-state index in [0.29, 0.717) is 10.9 Å². The van der Waals surface area contributed by atoms with Gasteiger partial charge in [-0.2, -0.15) is 0 Å². The van der Waals surface area contributed by atoms with E-state index in [-0.39, 0.29) is 0 Å². The van der Waals surface area contributed by atoms with Crippen LogP contribution < -0.4 is 10.7 Å². The minimum absolute atomic E-state index is 0.471. The van der Waals surface area contributed by atoms with Crippen molar-refractivity contribution in [2.75, 3.05) is 5.01 Å². The number of nitrogens with two attached hydrogens (primary N) is 1. The quantitative estimate of drug-likeness (QED) is 0.762. The first-order valence-electron chi connectivity index (χ1n) is 6.70. The number of halogens is 1. The molecule has 1 aromatic heterocycles. The number of benzene rings is 2. The number of anilines is 1. The van der Waals surface area contributed by atoms with E-state index in [4.69, 9.17) is 22.1 Å². The number of hydrogen-bond acceptors (Lipinski definition) is 5. The zero-order chi connectivity index (χ0) is 15.1. The predicted octanol–water partition coefficient (Wildman–Crippen LogP) is 2.66. The van der Waals surface area contributed by atoms with Gasteiger partial charge >= 0.3 is 0 Å². The Kier molecular flexibility index (Phi) is 2.99. The normalized spacial score (nSPS) is 17.6. The van der Waals surface area contributed by atoms with Crippen molar-refractivity contribution in [1.29, 1.82) is 0 Å². The number of rotatable bonds is 2. The van der Waals surface area contributed by atoms with Gasteiger partial charge in [0.15, 0.2) is 0 Å². The molecule has 1 aliphatic heterocycles. The van der Waals surface area contributed by atoms with Crippen molar-refractivity contribution in [1.82, 2.24) is 9.97 Å². The van der Waals surface area contributed by atoms with Gasteiger partial charge in [0.05, 0.1) is 23.0 Å². The molecule has 7 heteroatoms. The Bertz CT molecular complexity index is 858. The summed E-state index contributed by atoms with van der Waals surface area (Å²) >= 11 is 5.90. The molecule has 0 bridgehead atoms. The molecule has 6 nitrogen and oxygen atoms in total. The maximum absolute atomic E-state index is 6.01. The lowest BCUT2D eigenvalue weighted by Gasteiger charge is -2.17. The second-order valence-electron chi connectivity index (χ2n) is 4.87. The highest BCUT2D eigenvalue weighted by Crippen LogP contribution is 2.25. The fraction of sp³-hybridized carbons (Fsp3) is 0.0667. The second-order valence-corrected chi connectivity index (χ2v) is 5.31. The molecule has 0 radical (unpaired) electrons. The summed E-state index contributed by atoms with van der Waals surface area (Å²) in [5.74, 6) is 0.471. The van der Waals surface area contributed by atoms with E-state index in [0.717, 1.165) is 22.3 Å². The number of aromatic amines is 1. The molecule has 3 N–H and O–H groups in total. The number of hydrazone groups is 1. The molecule has 1 unspecified atom stereocenters. The minimum Gasteiger partial charge on any atom is -0.437 e. The number of hydrogen-bond donors (Lipinski definition) is 2. The average molecular weight is 314 g/mol. The fourth-order valence-electron chi connectivity index (χ4n) is 2.34. The Balaban J connectivity index is 1.70. The zero-order valence-corrected chi connectivity index (χ0v) is 12.2. The first-order chi connectivity index (χ1) is 10.7. The Morgan fingerprint density at radius 3 is 2.82 bits per heavy atom. The molecule has 22 heavy (non-hydrogen) atoms. The van der Waals surface area contributed by atoms with Crippen molar-refractivity contribution >= 4 is 34.2 Å². The molecule has 2 aromatic carbocycles.